The highest BCUT2D eigenvalue weighted by Gasteiger charge is 2.49. The number of fused-ring (bicyclic) bond motifs is 9. The molecule has 0 N–H and O–H groups in total. The Morgan fingerprint density at radius 1 is 0.674 bits per heavy atom. The summed E-state index contributed by atoms with van der Waals surface area (Å²) in [4.78, 5) is 13.0. The van der Waals surface area contributed by atoms with Gasteiger partial charge in [0, 0.05) is 44.6 Å². The van der Waals surface area contributed by atoms with Gasteiger partial charge < -0.3 is 4.90 Å². The lowest BCUT2D eigenvalue weighted by molar-refractivity contribution is 0.636. The summed E-state index contributed by atoms with van der Waals surface area (Å²) in [6.45, 7) is 4.77. The number of allylic oxidation sites excluding steroid dienone is 3. The molecule has 2 aromatic heterocycles. The average molecular weight is 555 g/mol. The number of anilines is 1. The van der Waals surface area contributed by atoms with Gasteiger partial charge in [0.1, 0.15) is 0 Å². The van der Waals surface area contributed by atoms with Crippen molar-refractivity contribution in [1.82, 2.24) is 14.5 Å². The van der Waals surface area contributed by atoms with Crippen LogP contribution in [0.5, 0.6) is 0 Å². The van der Waals surface area contributed by atoms with Gasteiger partial charge in [-0.1, -0.05) is 123 Å². The Balaban J connectivity index is 1.34. The fourth-order valence-electron chi connectivity index (χ4n) is 7.52. The zero-order valence-corrected chi connectivity index (χ0v) is 24.1. The molecule has 3 aliphatic rings. The van der Waals surface area contributed by atoms with Gasteiger partial charge in [0.05, 0.1) is 28.5 Å². The standard InChI is InChI=1S/C39H30N4/c1-39(2)35-23-27-17-9-11-19-31(27)42(35)34-22-21-33-36(37(34)39)28-18-10-12-20-32(28)43(33)38-40-29(25-13-5-3-6-14-25)24-30(41-38)26-15-7-4-8-16-26/h3-24,27,31H,1-2H3. The van der Waals surface area contributed by atoms with Gasteiger partial charge in [0.15, 0.2) is 0 Å². The van der Waals surface area contributed by atoms with Crippen molar-refractivity contribution >= 4 is 27.5 Å². The quantitative estimate of drug-likeness (QED) is 0.219. The van der Waals surface area contributed by atoms with E-state index in [1.165, 1.54) is 27.7 Å². The Bertz CT molecular complexity index is 2110. The molecule has 43 heavy (non-hydrogen) atoms. The van der Waals surface area contributed by atoms with E-state index in [1.54, 1.807) is 0 Å². The first-order chi connectivity index (χ1) is 21.1. The van der Waals surface area contributed by atoms with E-state index in [4.69, 9.17) is 9.97 Å². The van der Waals surface area contributed by atoms with Crippen molar-refractivity contribution in [1.29, 1.82) is 0 Å². The third-order valence-electron chi connectivity index (χ3n) is 9.45. The van der Waals surface area contributed by atoms with Crippen LogP contribution in [0.3, 0.4) is 0 Å². The molecular weight excluding hydrogens is 524 g/mol. The summed E-state index contributed by atoms with van der Waals surface area (Å²) in [6.07, 6.45) is 11.5. The summed E-state index contributed by atoms with van der Waals surface area (Å²) in [6, 6.07) is 36.6. The molecule has 0 fully saturated rings. The summed E-state index contributed by atoms with van der Waals surface area (Å²) in [5.74, 6) is 1.09. The molecule has 0 bridgehead atoms. The molecule has 2 atom stereocenters. The van der Waals surface area contributed by atoms with Gasteiger partial charge >= 0.3 is 0 Å². The van der Waals surface area contributed by atoms with Crippen LogP contribution in [-0.2, 0) is 5.41 Å². The Labute approximate surface area is 251 Å². The van der Waals surface area contributed by atoms with Crippen molar-refractivity contribution < 1.29 is 0 Å². The molecule has 0 saturated heterocycles. The van der Waals surface area contributed by atoms with Crippen LogP contribution in [0.4, 0.5) is 5.69 Å². The lowest BCUT2D eigenvalue weighted by Crippen LogP contribution is -2.32. The highest BCUT2D eigenvalue weighted by atomic mass is 15.2. The lowest BCUT2D eigenvalue weighted by atomic mass is 9.80. The van der Waals surface area contributed by atoms with E-state index < -0.39 is 0 Å². The van der Waals surface area contributed by atoms with Gasteiger partial charge in [-0.3, -0.25) is 4.57 Å². The highest BCUT2D eigenvalue weighted by molar-refractivity contribution is 6.13. The number of rotatable bonds is 3. The zero-order chi connectivity index (χ0) is 28.7. The molecule has 4 heteroatoms. The van der Waals surface area contributed by atoms with Crippen LogP contribution in [0.25, 0.3) is 50.3 Å². The second-order valence-electron chi connectivity index (χ2n) is 12.3. The van der Waals surface area contributed by atoms with Crippen molar-refractivity contribution in [2.45, 2.75) is 25.3 Å². The number of hydrogen-bond acceptors (Lipinski definition) is 3. The first-order valence-electron chi connectivity index (χ1n) is 15.0. The molecule has 4 nitrogen and oxygen atoms in total. The van der Waals surface area contributed by atoms with Crippen molar-refractivity contribution in [2.75, 3.05) is 4.90 Å². The first kappa shape index (κ1) is 24.4. The van der Waals surface area contributed by atoms with E-state index in [9.17, 15) is 0 Å². The second kappa shape index (κ2) is 8.89. The van der Waals surface area contributed by atoms with E-state index in [-0.39, 0.29) is 5.41 Å². The van der Waals surface area contributed by atoms with Crippen molar-refractivity contribution in [3.05, 3.63) is 145 Å². The molecule has 206 valence electrons. The normalized spacial score (nSPS) is 19.5. The van der Waals surface area contributed by atoms with Crippen LogP contribution in [0, 0.1) is 5.92 Å². The van der Waals surface area contributed by atoms with Crippen molar-refractivity contribution in [3.63, 3.8) is 0 Å². The molecule has 2 unspecified atom stereocenters. The molecule has 9 rings (SSSR count). The van der Waals surface area contributed by atoms with E-state index in [2.05, 4.69) is 145 Å². The molecular formula is C39H30N4. The molecule has 0 amide bonds. The largest absolute Gasteiger partial charge is 0.336 e. The minimum Gasteiger partial charge on any atom is -0.336 e. The fraction of sp³-hybridized carbons (Fsp3) is 0.128. The van der Waals surface area contributed by atoms with Gasteiger partial charge in [-0.05, 0) is 29.8 Å². The molecule has 0 radical (unpaired) electrons. The summed E-state index contributed by atoms with van der Waals surface area (Å²) in [7, 11) is 0. The van der Waals surface area contributed by atoms with Crippen LogP contribution >= 0.6 is 0 Å². The maximum absolute atomic E-state index is 5.23. The fourth-order valence-corrected chi connectivity index (χ4v) is 7.52. The van der Waals surface area contributed by atoms with Gasteiger partial charge in [-0.2, -0.15) is 0 Å². The minimum atomic E-state index is -0.148. The highest BCUT2D eigenvalue weighted by Crippen LogP contribution is 2.57. The van der Waals surface area contributed by atoms with E-state index >= 15 is 0 Å². The van der Waals surface area contributed by atoms with E-state index in [0.29, 0.717) is 17.9 Å². The third-order valence-corrected chi connectivity index (χ3v) is 9.45. The Morgan fingerprint density at radius 3 is 2.05 bits per heavy atom. The molecule has 6 aromatic rings. The van der Waals surface area contributed by atoms with Crippen molar-refractivity contribution in [3.8, 4) is 28.5 Å². The maximum atomic E-state index is 5.23. The van der Waals surface area contributed by atoms with Gasteiger partial charge in [0.25, 0.3) is 0 Å². The van der Waals surface area contributed by atoms with Crippen LogP contribution in [0.1, 0.15) is 19.4 Å². The van der Waals surface area contributed by atoms with E-state index in [0.717, 1.165) is 33.5 Å². The maximum Gasteiger partial charge on any atom is 0.235 e. The van der Waals surface area contributed by atoms with Crippen LogP contribution in [-0.4, -0.2) is 20.6 Å². The van der Waals surface area contributed by atoms with E-state index in [1.807, 2.05) is 12.1 Å². The van der Waals surface area contributed by atoms with Crippen LogP contribution < -0.4 is 4.90 Å². The predicted molar refractivity (Wildman–Crippen MR) is 176 cm³/mol. The van der Waals surface area contributed by atoms with Gasteiger partial charge in [0.2, 0.25) is 5.95 Å². The smallest absolute Gasteiger partial charge is 0.235 e. The average Bonchev–Trinajstić information content (AvgIpc) is 3.68. The molecule has 0 spiro atoms. The summed E-state index contributed by atoms with van der Waals surface area (Å²) in [5.41, 5.74) is 10.2. The van der Waals surface area contributed by atoms with Gasteiger partial charge in [-0.15, -0.1) is 0 Å². The zero-order valence-electron chi connectivity index (χ0n) is 24.1. The second-order valence-corrected chi connectivity index (χ2v) is 12.3. The summed E-state index contributed by atoms with van der Waals surface area (Å²) >= 11 is 0. The van der Waals surface area contributed by atoms with Crippen molar-refractivity contribution in [2.24, 2.45) is 5.92 Å². The van der Waals surface area contributed by atoms with Crippen LogP contribution in [0.15, 0.2) is 139 Å². The molecule has 4 aromatic carbocycles. The molecule has 0 saturated carbocycles. The number of hydrogen-bond donors (Lipinski definition) is 0. The first-order valence-corrected chi connectivity index (χ1v) is 15.0. The Morgan fingerprint density at radius 2 is 1.33 bits per heavy atom. The SMILES string of the molecule is CC1(C)C2=CC3C=CC=CC3N2c2ccc3c(c21)c1ccccc1n3-c1nc(-c2ccccc2)cc(-c2ccccc2)n1. The summed E-state index contributed by atoms with van der Waals surface area (Å²) < 4.78 is 2.27. The Kier molecular flexibility index (Phi) is 5.04. The summed E-state index contributed by atoms with van der Waals surface area (Å²) in [5, 5.41) is 2.52. The lowest BCUT2D eigenvalue weighted by Gasteiger charge is -2.28. The number of para-hydroxylation sites is 1. The topological polar surface area (TPSA) is 34.0 Å². The third kappa shape index (κ3) is 3.44. The number of aromatic nitrogens is 3. The molecule has 1 aliphatic carbocycles. The molecule has 4 heterocycles. The Hall–Kier alpha value is -5.22. The monoisotopic (exact) mass is 554 g/mol. The number of nitrogens with zero attached hydrogens (tertiary/aromatic N) is 4. The number of benzene rings is 4. The van der Waals surface area contributed by atoms with Crippen LogP contribution in [0.2, 0.25) is 0 Å². The van der Waals surface area contributed by atoms with Gasteiger partial charge in [-0.25, -0.2) is 9.97 Å². The minimum absolute atomic E-state index is 0.148. The predicted octanol–water partition coefficient (Wildman–Crippen LogP) is 9.01. The molecule has 2 aliphatic heterocycles.